The van der Waals surface area contributed by atoms with Gasteiger partial charge in [-0.25, -0.2) is 9.59 Å². The Kier molecular flexibility index (Phi) is 8.88. The van der Waals surface area contributed by atoms with Gasteiger partial charge in [-0.3, -0.25) is 0 Å². The minimum atomic E-state index is -1.06. The maximum Gasteiger partial charge on any atom is 0.408 e. The van der Waals surface area contributed by atoms with Crippen molar-refractivity contribution < 1.29 is 23.8 Å². The van der Waals surface area contributed by atoms with E-state index in [9.17, 15) is 9.59 Å². The zero-order valence-corrected chi connectivity index (χ0v) is 17.5. The highest BCUT2D eigenvalue weighted by atomic mass is 127. The Morgan fingerprint density at radius 3 is 2.42 bits per heavy atom. The summed E-state index contributed by atoms with van der Waals surface area (Å²) in [6, 6.07) is 8.43. The molecular formula is C19H24INO5. The summed E-state index contributed by atoms with van der Waals surface area (Å²) in [7, 11) is 0. The van der Waals surface area contributed by atoms with Gasteiger partial charge < -0.3 is 19.5 Å². The number of amides is 1. The van der Waals surface area contributed by atoms with Crippen LogP contribution in [0, 0.1) is 12.3 Å². The lowest BCUT2D eigenvalue weighted by atomic mass is 10.1. The SMILES string of the molecule is C#CC(I)OC(=O)[C@@H](NC(=O)OC(C)(C)C)[C@@H](C)OCc1ccccc1. The molecule has 142 valence electrons. The summed E-state index contributed by atoms with van der Waals surface area (Å²) in [5, 5.41) is 2.51. The van der Waals surface area contributed by atoms with Crippen LogP contribution >= 0.6 is 22.6 Å². The second kappa shape index (κ2) is 10.4. The monoisotopic (exact) mass is 473 g/mol. The van der Waals surface area contributed by atoms with Gasteiger partial charge in [-0.15, -0.1) is 6.42 Å². The van der Waals surface area contributed by atoms with Gasteiger partial charge in [0.25, 0.3) is 0 Å². The Labute approximate surface area is 168 Å². The molecule has 0 bridgehead atoms. The Balaban J connectivity index is 2.79. The van der Waals surface area contributed by atoms with Crippen LogP contribution in [0.2, 0.25) is 0 Å². The second-order valence-electron chi connectivity index (χ2n) is 6.55. The van der Waals surface area contributed by atoms with Crippen molar-refractivity contribution in [1.29, 1.82) is 0 Å². The predicted molar refractivity (Wildman–Crippen MR) is 107 cm³/mol. The number of esters is 1. The highest BCUT2D eigenvalue weighted by molar-refractivity contribution is 14.1. The molecule has 0 heterocycles. The topological polar surface area (TPSA) is 73.9 Å². The van der Waals surface area contributed by atoms with Crippen molar-refractivity contribution in [2.45, 2.75) is 56.2 Å². The van der Waals surface area contributed by atoms with Crippen LogP contribution in [-0.2, 0) is 25.6 Å². The van der Waals surface area contributed by atoms with Crippen molar-refractivity contribution in [3.8, 4) is 12.3 Å². The largest absolute Gasteiger partial charge is 0.444 e. The number of terminal acetylenes is 1. The van der Waals surface area contributed by atoms with Crippen molar-refractivity contribution in [2.24, 2.45) is 0 Å². The van der Waals surface area contributed by atoms with Crippen LogP contribution in [0.1, 0.15) is 33.3 Å². The van der Waals surface area contributed by atoms with E-state index in [1.807, 2.05) is 30.3 Å². The first-order valence-corrected chi connectivity index (χ1v) is 9.32. The molecular weight excluding hydrogens is 449 g/mol. The highest BCUT2D eigenvalue weighted by Crippen LogP contribution is 2.12. The third-order valence-corrected chi connectivity index (χ3v) is 3.72. The molecule has 26 heavy (non-hydrogen) atoms. The molecule has 1 aromatic rings. The molecule has 0 spiro atoms. The molecule has 3 atom stereocenters. The molecule has 0 fully saturated rings. The van der Waals surface area contributed by atoms with Gasteiger partial charge in [-0.1, -0.05) is 36.3 Å². The lowest BCUT2D eigenvalue weighted by Gasteiger charge is -2.26. The standard InChI is InChI=1S/C19H24INO5/c1-6-15(20)25-17(22)16(21-18(23)26-19(3,4)5)13(2)24-12-14-10-8-7-9-11-14/h1,7-11,13,15-16H,12H2,2-5H3,(H,21,23)/t13-,15?,16+/m1/s1. The van der Waals surface area contributed by atoms with Crippen molar-refractivity contribution >= 4 is 34.7 Å². The molecule has 0 saturated carbocycles. The molecule has 0 aliphatic carbocycles. The summed E-state index contributed by atoms with van der Waals surface area (Å²) >= 11 is 1.80. The molecule has 0 aliphatic heterocycles. The first-order valence-electron chi connectivity index (χ1n) is 8.08. The molecule has 1 amide bonds. The average Bonchev–Trinajstić information content (AvgIpc) is 2.56. The number of ether oxygens (including phenoxy) is 3. The van der Waals surface area contributed by atoms with Gasteiger partial charge in [0.2, 0.25) is 4.11 Å². The minimum Gasteiger partial charge on any atom is -0.444 e. The van der Waals surface area contributed by atoms with Crippen LogP contribution in [0.25, 0.3) is 0 Å². The average molecular weight is 473 g/mol. The van der Waals surface area contributed by atoms with Crippen molar-refractivity contribution in [3.05, 3.63) is 35.9 Å². The fourth-order valence-corrected chi connectivity index (χ4v) is 2.16. The van der Waals surface area contributed by atoms with Crippen LogP contribution in [0.15, 0.2) is 30.3 Å². The fourth-order valence-electron chi connectivity index (χ4n) is 1.91. The third-order valence-electron chi connectivity index (χ3n) is 3.10. The van der Waals surface area contributed by atoms with Crippen molar-refractivity contribution in [2.75, 3.05) is 0 Å². The normalized spacial score (nSPS) is 14.5. The number of alkyl carbamates (subject to hydrolysis) is 1. The number of benzene rings is 1. The van der Waals surface area contributed by atoms with Crippen LogP contribution in [0.3, 0.4) is 0 Å². The van der Waals surface area contributed by atoms with Crippen LogP contribution in [-0.4, -0.2) is 33.9 Å². The minimum absolute atomic E-state index is 0.282. The third kappa shape index (κ3) is 8.54. The first-order chi connectivity index (χ1) is 12.1. The first kappa shape index (κ1) is 22.3. The summed E-state index contributed by atoms with van der Waals surface area (Å²) in [6.07, 6.45) is 3.85. The number of carbonyl (C=O) groups excluding carboxylic acids is 2. The molecule has 0 aliphatic rings. The number of rotatable bonds is 7. The Morgan fingerprint density at radius 1 is 1.27 bits per heavy atom. The molecule has 7 heteroatoms. The van der Waals surface area contributed by atoms with Gasteiger partial charge in [-0.2, -0.15) is 0 Å². The van der Waals surface area contributed by atoms with Crippen LogP contribution in [0.4, 0.5) is 4.79 Å². The Morgan fingerprint density at radius 2 is 1.88 bits per heavy atom. The summed E-state index contributed by atoms with van der Waals surface area (Å²) in [4.78, 5) is 24.5. The van der Waals surface area contributed by atoms with Gasteiger partial charge in [-0.05, 0) is 55.8 Å². The van der Waals surface area contributed by atoms with E-state index in [-0.39, 0.29) is 6.61 Å². The molecule has 1 unspecified atom stereocenters. The van der Waals surface area contributed by atoms with Gasteiger partial charge in [0.1, 0.15) is 5.60 Å². The van der Waals surface area contributed by atoms with Crippen molar-refractivity contribution in [1.82, 2.24) is 5.32 Å². The van der Waals surface area contributed by atoms with Gasteiger partial charge in [0.05, 0.1) is 12.7 Å². The van der Waals surface area contributed by atoms with E-state index in [4.69, 9.17) is 20.6 Å². The molecule has 1 rings (SSSR count). The van der Waals surface area contributed by atoms with E-state index < -0.39 is 33.9 Å². The molecule has 0 aromatic heterocycles. The number of alkyl halides is 1. The zero-order chi connectivity index (χ0) is 19.7. The number of nitrogens with one attached hydrogen (secondary N) is 1. The summed E-state index contributed by atoms with van der Waals surface area (Å²) in [5.74, 6) is 1.61. The van der Waals surface area contributed by atoms with E-state index in [0.29, 0.717) is 0 Å². The van der Waals surface area contributed by atoms with E-state index in [1.165, 1.54) is 0 Å². The van der Waals surface area contributed by atoms with Gasteiger partial charge >= 0.3 is 12.1 Å². The smallest absolute Gasteiger partial charge is 0.408 e. The maximum atomic E-state index is 12.4. The summed E-state index contributed by atoms with van der Waals surface area (Å²) in [5.41, 5.74) is 0.246. The summed E-state index contributed by atoms with van der Waals surface area (Å²) in [6.45, 7) is 7.15. The van der Waals surface area contributed by atoms with Crippen LogP contribution < -0.4 is 5.32 Å². The van der Waals surface area contributed by atoms with E-state index >= 15 is 0 Å². The number of hydrogen-bond acceptors (Lipinski definition) is 5. The molecule has 1 aromatic carbocycles. The molecule has 0 saturated heterocycles. The highest BCUT2D eigenvalue weighted by Gasteiger charge is 2.32. The fraction of sp³-hybridized carbons (Fsp3) is 0.474. The summed E-state index contributed by atoms with van der Waals surface area (Å²) < 4.78 is 15.3. The number of hydrogen-bond donors (Lipinski definition) is 1. The lowest BCUT2D eigenvalue weighted by molar-refractivity contribution is -0.149. The molecule has 1 N–H and O–H groups in total. The van der Waals surface area contributed by atoms with Gasteiger partial charge in [0.15, 0.2) is 6.04 Å². The Bertz CT molecular complexity index is 636. The Hall–Kier alpha value is -1.79. The number of carbonyl (C=O) groups is 2. The number of halogens is 1. The van der Waals surface area contributed by atoms with E-state index in [2.05, 4.69) is 11.2 Å². The van der Waals surface area contributed by atoms with Gasteiger partial charge in [0, 0.05) is 0 Å². The second-order valence-corrected chi connectivity index (χ2v) is 7.68. The molecule has 6 nitrogen and oxygen atoms in total. The van der Waals surface area contributed by atoms with Crippen molar-refractivity contribution in [3.63, 3.8) is 0 Å². The predicted octanol–water partition coefficient (Wildman–Crippen LogP) is 3.42. The molecule has 0 radical (unpaired) electrons. The lowest BCUT2D eigenvalue weighted by Crippen LogP contribution is -2.51. The quantitative estimate of drug-likeness (QED) is 0.285. The van der Waals surface area contributed by atoms with Crippen LogP contribution in [0.5, 0.6) is 0 Å². The van der Waals surface area contributed by atoms with E-state index in [1.54, 1.807) is 50.3 Å². The maximum absolute atomic E-state index is 12.4. The van der Waals surface area contributed by atoms with E-state index in [0.717, 1.165) is 5.56 Å². The zero-order valence-electron chi connectivity index (χ0n) is 15.3.